The lowest BCUT2D eigenvalue weighted by Crippen LogP contribution is -2.32. The summed E-state index contributed by atoms with van der Waals surface area (Å²) in [5.74, 6) is 0.653. The van der Waals surface area contributed by atoms with Crippen LogP contribution in [0.5, 0.6) is 5.75 Å². The number of nitrogens with zero attached hydrogens (tertiary/aromatic N) is 1. The fourth-order valence-corrected chi connectivity index (χ4v) is 2.62. The molecule has 0 fully saturated rings. The van der Waals surface area contributed by atoms with Gasteiger partial charge in [-0.2, -0.15) is 0 Å². The third-order valence-electron chi connectivity index (χ3n) is 3.57. The van der Waals surface area contributed by atoms with Crippen molar-refractivity contribution in [2.24, 2.45) is 0 Å². The monoisotopic (exact) mass is 347 g/mol. The number of carbonyl (C=O) groups excluding carboxylic acids is 1. The predicted molar refractivity (Wildman–Crippen MR) is 95.7 cm³/mol. The summed E-state index contributed by atoms with van der Waals surface area (Å²) in [6.07, 6.45) is -0.610. The predicted octanol–water partition coefficient (Wildman–Crippen LogP) is 3.41. The first-order chi connectivity index (χ1) is 11.4. The van der Waals surface area contributed by atoms with E-state index in [0.717, 1.165) is 5.56 Å². The van der Waals surface area contributed by atoms with Gasteiger partial charge < -0.3 is 9.84 Å². The third-order valence-corrected chi connectivity index (χ3v) is 3.80. The van der Waals surface area contributed by atoms with Crippen LogP contribution in [0.3, 0.4) is 0 Å². The SMILES string of the molecule is CC(=O)c1ccc(OC[C@H](O)CN(C)Cc2cccc(Cl)c2)cc1. The van der Waals surface area contributed by atoms with Crippen LogP contribution in [0.25, 0.3) is 0 Å². The number of benzene rings is 2. The molecule has 0 aliphatic heterocycles. The van der Waals surface area contributed by atoms with E-state index in [0.29, 0.717) is 29.4 Å². The standard InChI is InChI=1S/C19H22ClNO3/c1-14(22)16-6-8-19(9-7-16)24-13-18(23)12-21(2)11-15-4-3-5-17(20)10-15/h3-10,18,23H,11-13H2,1-2H3/t18-/m1/s1. The van der Waals surface area contributed by atoms with E-state index in [9.17, 15) is 9.90 Å². The number of halogens is 1. The van der Waals surface area contributed by atoms with Gasteiger partial charge in [0.1, 0.15) is 18.5 Å². The van der Waals surface area contributed by atoms with Gasteiger partial charge in [-0.05, 0) is 55.9 Å². The summed E-state index contributed by atoms with van der Waals surface area (Å²) in [5, 5.41) is 10.8. The van der Waals surface area contributed by atoms with Gasteiger partial charge in [-0.25, -0.2) is 0 Å². The molecule has 0 bridgehead atoms. The summed E-state index contributed by atoms with van der Waals surface area (Å²) in [6.45, 7) is 2.90. The molecule has 5 heteroatoms. The Morgan fingerprint density at radius 3 is 2.58 bits per heavy atom. The van der Waals surface area contributed by atoms with Crippen molar-refractivity contribution in [2.45, 2.75) is 19.6 Å². The topological polar surface area (TPSA) is 49.8 Å². The van der Waals surface area contributed by atoms with Crippen molar-refractivity contribution in [3.05, 3.63) is 64.7 Å². The molecule has 0 amide bonds. The Kier molecular flexibility index (Phi) is 6.79. The van der Waals surface area contributed by atoms with Gasteiger partial charge >= 0.3 is 0 Å². The quantitative estimate of drug-likeness (QED) is 0.743. The summed E-state index contributed by atoms with van der Waals surface area (Å²) < 4.78 is 5.56. The van der Waals surface area contributed by atoms with Crippen LogP contribution in [0.1, 0.15) is 22.8 Å². The molecule has 0 spiro atoms. The van der Waals surface area contributed by atoms with E-state index in [-0.39, 0.29) is 12.4 Å². The summed E-state index contributed by atoms with van der Waals surface area (Å²) in [7, 11) is 1.94. The van der Waals surface area contributed by atoms with Gasteiger partial charge in [0.2, 0.25) is 0 Å². The lowest BCUT2D eigenvalue weighted by molar-refractivity contribution is 0.0743. The second kappa shape index (κ2) is 8.83. The van der Waals surface area contributed by atoms with Crippen LogP contribution < -0.4 is 4.74 Å². The summed E-state index contributed by atoms with van der Waals surface area (Å²) >= 11 is 5.97. The van der Waals surface area contributed by atoms with E-state index in [2.05, 4.69) is 0 Å². The van der Waals surface area contributed by atoms with Crippen LogP contribution in [0.15, 0.2) is 48.5 Å². The number of Topliss-reactive ketones (excluding diaryl/α,β-unsaturated/α-hetero) is 1. The average molecular weight is 348 g/mol. The highest BCUT2D eigenvalue weighted by Crippen LogP contribution is 2.14. The smallest absolute Gasteiger partial charge is 0.159 e. The van der Waals surface area contributed by atoms with Crippen LogP contribution in [0, 0.1) is 0 Å². The van der Waals surface area contributed by atoms with Crippen LogP contribution in [-0.2, 0) is 6.54 Å². The number of aliphatic hydroxyl groups excluding tert-OH is 1. The largest absolute Gasteiger partial charge is 0.491 e. The van der Waals surface area contributed by atoms with Crippen molar-refractivity contribution in [3.8, 4) is 5.75 Å². The van der Waals surface area contributed by atoms with Crippen molar-refractivity contribution in [2.75, 3.05) is 20.2 Å². The molecule has 2 rings (SSSR count). The lowest BCUT2D eigenvalue weighted by Gasteiger charge is -2.21. The van der Waals surface area contributed by atoms with Crippen molar-refractivity contribution in [1.82, 2.24) is 4.90 Å². The molecule has 0 unspecified atom stereocenters. The molecule has 1 atom stereocenters. The maximum absolute atomic E-state index is 11.2. The van der Waals surface area contributed by atoms with Gasteiger partial charge in [0.15, 0.2) is 5.78 Å². The maximum atomic E-state index is 11.2. The molecule has 0 aliphatic carbocycles. The molecule has 2 aromatic rings. The van der Waals surface area contributed by atoms with Crippen LogP contribution in [0.4, 0.5) is 0 Å². The number of hydrogen-bond acceptors (Lipinski definition) is 4. The molecule has 4 nitrogen and oxygen atoms in total. The summed E-state index contributed by atoms with van der Waals surface area (Å²) in [6, 6.07) is 14.6. The van der Waals surface area contributed by atoms with Gasteiger partial charge in [0.25, 0.3) is 0 Å². The van der Waals surface area contributed by atoms with Crippen molar-refractivity contribution >= 4 is 17.4 Å². The fraction of sp³-hybridized carbons (Fsp3) is 0.316. The Bertz CT molecular complexity index is 673. The summed E-state index contributed by atoms with van der Waals surface area (Å²) in [5.41, 5.74) is 1.74. The molecule has 2 aromatic carbocycles. The molecular weight excluding hydrogens is 326 g/mol. The van der Waals surface area contributed by atoms with Crippen molar-refractivity contribution in [1.29, 1.82) is 0 Å². The van der Waals surface area contributed by atoms with Crippen molar-refractivity contribution < 1.29 is 14.6 Å². The first-order valence-electron chi connectivity index (χ1n) is 7.79. The Labute approximate surface area is 147 Å². The molecule has 0 aromatic heterocycles. The Hall–Kier alpha value is -1.88. The number of hydrogen-bond donors (Lipinski definition) is 1. The highest BCUT2D eigenvalue weighted by molar-refractivity contribution is 6.30. The second-order valence-corrected chi connectivity index (χ2v) is 6.31. The molecule has 1 N–H and O–H groups in total. The Morgan fingerprint density at radius 2 is 1.96 bits per heavy atom. The molecule has 24 heavy (non-hydrogen) atoms. The minimum absolute atomic E-state index is 0.0178. The molecular formula is C19H22ClNO3. The number of likely N-dealkylation sites (N-methyl/N-ethyl adjacent to an activating group) is 1. The number of ether oxygens (including phenoxy) is 1. The lowest BCUT2D eigenvalue weighted by atomic mass is 10.1. The Balaban J connectivity index is 1.77. The number of carbonyl (C=O) groups is 1. The minimum Gasteiger partial charge on any atom is -0.491 e. The van der Waals surface area contributed by atoms with Crippen LogP contribution >= 0.6 is 11.6 Å². The number of rotatable bonds is 8. The zero-order valence-electron chi connectivity index (χ0n) is 13.9. The van der Waals surface area contributed by atoms with E-state index in [1.165, 1.54) is 6.92 Å². The van der Waals surface area contributed by atoms with E-state index in [4.69, 9.17) is 16.3 Å². The van der Waals surface area contributed by atoms with Gasteiger partial charge in [-0.1, -0.05) is 23.7 Å². The van der Waals surface area contributed by atoms with Gasteiger partial charge in [-0.3, -0.25) is 9.69 Å². The third kappa shape index (κ3) is 5.96. The van der Waals surface area contributed by atoms with Crippen LogP contribution in [0.2, 0.25) is 5.02 Å². The van der Waals surface area contributed by atoms with E-state index >= 15 is 0 Å². The molecule has 0 radical (unpaired) electrons. The zero-order valence-corrected chi connectivity index (χ0v) is 14.7. The Morgan fingerprint density at radius 1 is 1.25 bits per heavy atom. The molecule has 128 valence electrons. The first-order valence-corrected chi connectivity index (χ1v) is 8.16. The van der Waals surface area contributed by atoms with Gasteiger partial charge in [-0.15, -0.1) is 0 Å². The fourth-order valence-electron chi connectivity index (χ4n) is 2.40. The molecule has 0 saturated carbocycles. The minimum atomic E-state index is -0.610. The first kappa shape index (κ1) is 18.5. The zero-order chi connectivity index (χ0) is 17.5. The van der Waals surface area contributed by atoms with Gasteiger partial charge in [0.05, 0.1) is 0 Å². The van der Waals surface area contributed by atoms with Gasteiger partial charge in [0, 0.05) is 23.7 Å². The maximum Gasteiger partial charge on any atom is 0.159 e. The van der Waals surface area contributed by atoms with E-state index in [1.54, 1.807) is 24.3 Å². The highest BCUT2D eigenvalue weighted by atomic mass is 35.5. The molecule has 0 saturated heterocycles. The average Bonchev–Trinajstić information content (AvgIpc) is 2.53. The highest BCUT2D eigenvalue weighted by Gasteiger charge is 2.10. The molecule has 0 heterocycles. The summed E-state index contributed by atoms with van der Waals surface area (Å²) in [4.78, 5) is 13.2. The number of aliphatic hydroxyl groups is 1. The number of ketones is 1. The van der Waals surface area contributed by atoms with E-state index in [1.807, 2.05) is 36.2 Å². The van der Waals surface area contributed by atoms with E-state index < -0.39 is 6.10 Å². The normalized spacial score (nSPS) is 12.2. The second-order valence-electron chi connectivity index (χ2n) is 5.87. The van der Waals surface area contributed by atoms with Crippen molar-refractivity contribution in [3.63, 3.8) is 0 Å². The molecule has 0 aliphatic rings. The van der Waals surface area contributed by atoms with Crippen LogP contribution in [-0.4, -0.2) is 42.1 Å².